The van der Waals surface area contributed by atoms with Crippen molar-refractivity contribution in [3.05, 3.63) is 23.8 Å². The topological polar surface area (TPSA) is 199 Å². The van der Waals surface area contributed by atoms with E-state index in [4.69, 9.17) is 18.9 Å². The minimum absolute atomic E-state index is 0.0959. The number of carbonyl (C=O) groups excluding carboxylic acids is 1. The minimum Gasteiger partial charge on any atom is -0.493 e. The van der Waals surface area contributed by atoms with Crippen LogP contribution in [0.5, 0.6) is 11.5 Å². The summed E-state index contributed by atoms with van der Waals surface area (Å²) >= 11 is 0. The molecule has 3 saturated heterocycles. The SMILES string of the molecule is COc1ccc(C(=O)O[C@H]2CC[C@@]3(C)[C@@H]4[C@@H](O)[C@@H](O)[C@H]5[C@]6(O)[C@@H](O)[C@H](O)[C@H]7[C@@H](CN8C[C@@H](C)CC[C@H]8[C@@]7(C)O)[C@@H]6C[C@@]53O[C@@]24O)cc1OC. The van der Waals surface area contributed by atoms with Gasteiger partial charge in [0.05, 0.1) is 55.2 Å². The van der Waals surface area contributed by atoms with Crippen LogP contribution in [0.1, 0.15) is 63.2 Å². The van der Waals surface area contributed by atoms with Crippen molar-refractivity contribution in [2.24, 2.45) is 40.9 Å². The Morgan fingerprint density at radius 3 is 2.31 bits per heavy atom. The summed E-state index contributed by atoms with van der Waals surface area (Å²) in [6.45, 7) is 6.95. The monoisotopic (exact) mass is 689 g/mol. The predicted molar refractivity (Wildman–Crippen MR) is 170 cm³/mol. The molecule has 1 aromatic rings. The first-order valence-electron chi connectivity index (χ1n) is 17.8. The van der Waals surface area contributed by atoms with Crippen molar-refractivity contribution in [1.82, 2.24) is 4.90 Å². The normalized spacial score (nSPS) is 54.3. The quantitative estimate of drug-likeness (QED) is 0.209. The molecule has 272 valence electrons. The van der Waals surface area contributed by atoms with Crippen LogP contribution < -0.4 is 9.47 Å². The number of hydrogen-bond acceptors (Lipinski definition) is 13. The second kappa shape index (κ2) is 10.7. The Balaban J connectivity index is 1.18. The molecule has 0 aromatic heterocycles. The second-order valence-electron chi connectivity index (χ2n) is 16.8. The van der Waals surface area contributed by atoms with E-state index in [0.717, 1.165) is 19.4 Å². The number of esters is 1. The number of nitrogens with zero attached hydrogens (tertiary/aromatic N) is 1. The first-order valence-corrected chi connectivity index (χ1v) is 17.8. The third kappa shape index (κ3) is 4.05. The van der Waals surface area contributed by atoms with Gasteiger partial charge in [-0.3, -0.25) is 4.90 Å². The van der Waals surface area contributed by atoms with Gasteiger partial charge in [-0.1, -0.05) is 13.8 Å². The molecule has 4 bridgehead atoms. The van der Waals surface area contributed by atoms with E-state index in [-0.39, 0.29) is 24.4 Å². The van der Waals surface area contributed by atoms with Gasteiger partial charge in [-0.05, 0) is 75.0 Å². The second-order valence-corrected chi connectivity index (χ2v) is 16.8. The summed E-state index contributed by atoms with van der Waals surface area (Å²) < 4.78 is 23.3. The molecule has 13 nitrogen and oxygen atoms in total. The molecular weight excluding hydrogens is 638 g/mol. The highest BCUT2D eigenvalue weighted by Gasteiger charge is 2.88. The van der Waals surface area contributed by atoms with E-state index in [1.165, 1.54) is 26.4 Å². The Kier molecular flexibility index (Phi) is 7.46. The summed E-state index contributed by atoms with van der Waals surface area (Å²) in [7, 11) is 2.92. The number of ether oxygens (including phenoxy) is 4. The molecule has 17 atom stereocenters. The van der Waals surface area contributed by atoms with Gasteiger partial charge in [-0.15, -0.1) is 0 Å². The molecule has 4 saturated carbocycles. The van der Waals surface area contributed by atoms with Crippen LogP contribution in [0, 0.1) is 40.9 Å². The van der Waals surface area contributed by atoms with Gasteiger partial charge >= 0.3 is 5.97 Å². The molecule has 4 aliphatic carbocycles. The summed E-state index contributed by atoms with van der Waals surface area (Å²) in [5, 5.41) is 84.9. The molecule has 3 heterocycles. The Bertz CT molecular complexity index is 1520. The number of rotatable bonds is 4. The van der Waals surface area contributed by atoms with Crippen molar-refractivity contribution in [2.75, 3.05) is 27.3 Å². The zero-order chi connectivity index (χ0) is 35.2. The molecule has 7 fully saturated rings. The highest BCUT2D eigenvalue weighted by Crippen LogP contribution is 2.77. The van der Waals surface area contributed by atoms with Gasteiger partial charge in [-0.2, -0.15) is 0 Å². The number of carbonyl (C=O) groups is 1. The fourth-order valence-corrected chi connectivity index (χ4v) is 12.7. The van der Waals surface area contributed by atoms with Crippen LogP contribution in [-0.2, 0) is 9.47 Å². The van der Waals surface area contributed by atoms with Gasteiger partial charge in [-0.25, -0.2) is 4.79 Å². The Morgan fingerprint density at radius 2 is 1.61 bits per heavy atom. The van der Waals surface area contributed by atoms with Gasteiger partial charge in [0.15, 0.2) is 17.6 Å². The van der Waals surface area contributed by atoms with Crippen molar-refractivity contribution in [2.45, 2.75) is 112 Å². The summed E-state index contributed by atoms with van der Waals surface area (Å²) in [4.78, 5) is 15.7. The molecule has 7 aliphatic rings. The zero-order valence-electron chi connectivity index (χ0n) is 28.7. The zero-order valence-corrected chi connectivity index (χ0v) is 28.7. The van der Waals surface area contributed by atoms with Crippen LogP contribution in [0.4, 0.5) is 0 Å². The average molecular weight is 690 g/mol. The van der Waals surface area contributed by atoms with E-state index in [9.17, 15) is 40.5 Å². The molecule has 0 radical (unpaired) electrons. The van der Waals surface area contributed by atoms with E-state index in [2.05, 4.69) is 11.8 Å². The fraction of sp³-hybridized carbons (Fsp3) is 0.806. The third-order valence-corrected chi connectivity index (χ3v) is 14.7. The maximum atomic E-state index is 13.5. The van der Waals surface area contributed by atoms with E-state index >= 15 is 0 Å². The van der Waals surface area contributed by atoms with Crippen molar-refractivity contribution >= 4 is 5.97 Å². The number of benzene rings is 1. The fourth-order valence-electron chi connectivity index (χ4n) is 12.7. The molecule has 8 rings (SSSR count). The lowest BCUT2D eigenvalue weighted by molar-refractivity contribution is -0.296. The third-order valence-electron chi connectivity index (χ3n) is 14.7. The summed E-state index contributed by atoms with van der Waals surface area (Å²) in [6.07, 6.45) is -5.56. The molecule has 13 heteroatoms. The van der Waals surface area contributed by atoms with Crippen molar-refractivity contribution < 1.29 is 59.5 Å². The Hall–Kier alpha value is -2.07. The number of aliphatic hydroxyl groups excluding tert-OH is 4. The first kappa shape index (κ1) is 34.0. The van der Waals surface area contributed by atoms with Gasteiger partial charge in [0.25, 0.3) is 0 Å². The molecular formula is C36H51NO12. The predicted octanol–water partition coefficient (Wildman–Crippen LogP) is 0.0386. The largest absolute Gasteiger partial charge is 0.493 e. The highest BCUT2D eigenvalue weighted by atomic mass is 16.7. The lowest BCUT2D eigenvalue weighted by Crippen LogP contribution is -2.77. The van der Waals surface area contributed by atoms with E-state index in [1.807, 2.05) is 6.92 Å². The van der Waals surface area contributed by atoms with Gasteiger partial charge in [0.1, 0.15) is 11.7 Å². The summed E-state index contributed by atoms with van der Waals surface area (Å²) in [6, 6.07) is 4.31. The number of fused-ring (bicyclic) bond motifs is 5. The highest BCUT2D eigenvalue weighted by molar-refractivity contribution is 5.90. The van der Waals surface area contributed by atoms with Crippen molar-refractivity contribution in [1.29, 1.82) is 0 Å². The standard InChI is InChI=1S/C36H51NO12/c1-16-6-9-22-33(3,43)24-18(15-37(22)14-16)19-13-34-29(35(19,44)30(41)25(24)38)27(40)26(39)28-32(34,2)11-10-23(36(28,45)49-34)48-31(42)17-7-8-20(46-4)21(12-17)47-5/h7-8,12,16,18-19,22-30,38-41,43-45H,6,9-11,13-15H2,1-5H3/t16-,18-,19-,22-,23-,24+,25+,26-,27+,28-,29+,30-,32-,33+,34+,35-,36-/m0/s1. The minimum atomic E-state index is -2.24. The van der Waals surface area contributed by atoms with Crippen LogP contribution >= 0.6 is 0 Å². The molecule has 1 spiro atoms. The Labute approximate surface area is 285 Å². The lowest BCUT2D eigenvalue weighted by atomic mass is 9.48. The van der Waals surface area contributed by atoms with Gasteiger partial charge < -0.3 is 54.7 Å². The van der Waals surface area contributed by atoms with Crippen molar-refractivity contribution in [3.8, 4) is 11.5 Å². The van der Waals surface area contributed by atoms with Crippen molar-refractivity contribution in [3.63, 3.8) is 0 Å². The maximum Gasteiger partial charge on any atom is 0.338 e. The molecule has 7 N–H and O–H groups in total. The molecule has 0 unspecified atom stereocenters. The van der Waals surface area contributed by atoms with Crippen LogP contribution in [0.15, 0.2) is 18.2 Å². The molecule has 0 amide bonds. The van der Waals surface area contributed by atoms with Crippen LogP contribution in [0.2, 0.25) is 0 Å². The van der Waals surface area contributed by atoms with Crippen LogP contribution in [0.3, 0.4) is 0 Å². The summed E-state index contributed by atoms with van der Waals surface area (Å²) in [5.74, 6) is -6.32. The number of piperidine rings is 2. The van der Waals surface area contributed by atoms with Crippen LogP contribution in [0.25, 0.3) is 0 Å². The van der Waals surface area contributed by atoms with Gasteiger partial charge in [0.2, 0.25) is 5.79 Å². The van der Waals surface area contributed by atoms with E-state index < -0.39 is 94.1 Å². The first-order chi connectivity index (χ1) is 23.0. The average Bonchev–Trinajstić information content (AvgIpc) is 3.37. The van der Waals surface area contributed by atoms with Gasteiger partial charge in [0, 0.05) is 36.4 Å². The summed E-state index contributed by atoms with van der Waals surface area (Å²) in [5.41, 5.74) is -5.86. The molecule has 3 aliphatic heterocycles. The Morgan fingerprint density at radius 1 is 0.918 bits per heavy atom. The molecule has 1 aromatic carbocycles. The number of hydrogen-bond donors (Lipinski definition) is 7. The lowest BCUT2D eigenvalue weighted by Gasteiger charge is -2.63. The maximum absolute atomic E-state index is 13.5. The smallest absolute Gasteiger partial charge is 0.338 e. The number of aliphatic hydroxyl groups is 7. The van der Waals surface area contributed by atoms with E-state index in [0.29, 0.717) is 30.4 Å². The molecule has 49 heavy (non-hydrogen) atoms. The van der Waals surface area contributed by atoms with E-state index in [1.54, 1.807) is 13.0 Å². The number of methoxy groups -OCH3 is 2. The van der Waals surface area contributed by atoms with Crippen LogP contribution in [-0.4, -0.2) is 133 Å².